The van der Waals surface area contributed by atoms with Crippen LogP contribution in [0.15, 0.2) is 0 Å². The average Bonchev–Trinajstić information content (AvgIpc) is 2.28. The van der Waals surface area contributed by atoms with Gasteiger partial charge in [0, 0.05) is 13.1 Å². The summed E-state index contributed by atoms with van der Waals surface area (Å²) in [5.41, 5.74) is -0.0228. The molecule has 0 unspecified atom stereocenters. The predicted octanol–water partition coefficient (Wildman–Crippen LogP) is 3.68. The zero-order valence-electron chi connectivity index (χ0n) is 15.3. The van der Waals surface area contributed by atoms with E-state index in [1.807, 2.05) is 0 Å². The Morgan fingerprint density at radius 3 is 2.10 bits per heavy atom. The molecule has 0 bridgehead atoms. The van der Waals surface area contributed by atoms with E-state index >= 15 is 0 Å². The Balaban J connectivity index is 2.07. The third kappa shape index (κ3) is 8.80. The highest BCUT2D eigenvalue weighted by atomic mass is 16.5. The summed E-state index contributed by atoms with van der Waals surface area (Å²) in [4.78, 5) is 2.58. The van der Waals surface area contributed by atoms with Crippen molar-refractivity contribution in [2.24, 2.45) is 5.92 Å². The Morgan fingerprint density at radius 2 is 1.52 bits per heavy atom. The van der Waals surface area contributed by atoms with E-state index in [1.54, 1.807) is 0 Å². The molecule has 0 spiro atoms. The first-order chi connectivity index (χ1) is 9.70. The second-order valence-electron chi connectivity index (χ2n) is 8.34. The molecule has 1 heterocycles. The highest BCUT2D eigenvalue weighted by Crippen LogP contribution is 2.28. The van der Waals surface area contributed by atoms with Crippen LogP contribution in [0.4, 0.5) is 0 Å². The third-order valence-electron chi connectivity index (χ3n) is 3.89. The first-order valence-corrected chi connectivity index (χ1v) is 8.83. The van der Waals surface area contributed by atoms with Gasteiger partial charge in [-0.25, -0.2) is 0 Å². The molecule has 0 aromatic carbocycles. The molecule has 1 aliphatic rings. The van der Waals surface area contributed by atoms with Gasteiger partial charge in [-0.05, 0) is 66.1 Å². The van der Waals surface area contributed by atoms with Crippen molar-refractivity contribution in [3.8, 4) is 0 Å². The maximum atomic E-state index is 6.13. The second kappa shape index (κ2) is 8.50. The highest BCUT2D eigenvalue weighted by molar-refractivity contribution is 4.88. The summed E-state index contributed by atoms with van der Waals surface area (Å²) in [6.45, 7) is 19.0. The minimum absolute atomic E-state index is 0.0114. The van der Waals surface area contributed by atoms with E-state index in [0.29, 0.717) is 0 Å². The SMILES string of the molecule is CC(C)CNCCCCCCN1CC(C)(C)OC(C)(C)C1. The van der Waals surface area contributed by atoms with Crippen molar-refractivity contribution in [2.75, 3.05) is 32.7 Å². The second-order valence-corrected chi connectivity index (χ2v) is 8.34. The van der Waals surface area contributed by atoms with Crippen LogP contribution in [0.25, 0.3) is 0 Å². The minimum atomic E-state index is -0.0114. The lowest BCUT2D eigenvalue weighted by atomic mass is 9.98. The number of nitrogens with zero attached hydrogens (tertiary/aromatic N) is 1. The number of hydrogen-bond donors (Lipinski definition) is 1. The topological polar surface area (TPSA) is 24.5 Å². The van der Waals surface area contributed by atoms with Gasteiger partial charge < -0.3 is 10.1 Å². The Labute approximate surface area is 132 Å². The van der Waals surface area contributed by atoms with E-state index in [4.69, 9.17) is 4.74 Å². The maximum Gasteiger partial charge on any atom is 0.0760 e. The van der Waals surface area contributed by atoms with Crippen LogP contribution in [-0.2, 0) is 4.74 Å². The summed E-state index contributed by atoms with van der Waals surface area (Å²) in [7, 11) is 0. The number of rotatable bonds is 9. The van der Waals surface area contributed by atoms with Crippen molar-refractivity contribution in [1.29, 1.82) is 0 Å². The van der Waals surface area contributed by atoms with Gasteiger partial charge in [-0.15, -0.1) is 0 Å². The molecule has 0 aromatic rings. The van der Waals surface area contributed by atoms with Gasteiger partial charge in [0.1, 0.15) is 0 Å². The van der Waals surface area contributed by atoms with Crippen molar-refractivity contribution < 1.29 is 4.74 Å². The molecular weight excluding hydrogens is 260 g/mol. The van der Waals surface area contributed by atoms with E-state index in [0.717, 1.165) is 25.6 Å². The molecule has 3 heteroatoms. The molecule has 1 rings (SSSR count). The van der Waals surface area contributed by atoms with Crippen LogP contribution in [-0.4, -0.2) is 48.8 Å². The fourth-order valence-corrected chi connectivity index (χ4v) is 3.43. The Kier molecular flexibility index (Phi) is 7.66. The molecule has 1 aliphatic heterocycles. The van der Waals surface area contributed by atoms with Crippen LogP contribution in [0, 0.1) is 5.92 Å². The van der Waals surface area contributed by atoms with Crippen LogP contribution >= 0.6 is 0 Å². The monoisotopic (exact) mass is 298 g/mol. The first-order valence-electron chi connectivity index (χ1n) is 8.83. The van der Waals surface area contributed by atoms with Crippen molar-refractivity contribution in [2.45, 2.75) is 78.4 Å². The molecule has 3 nitrogen and oxygen atoms in total. The fraction of sp³-hybridized carbons (Fsp3) is 1.00. The molecule has 0 amide bonds. The summed E-state index contributed by atoms with van der Waals surface area (Å²) in [5, 5.41) is 3.52. The first kappa shape index (κ1) is 18.9. The summed E-state index contributed by atoms with van der Waals surface area (Å²) < 4.78 is 6.13. The van der Waals surface area contributed by atoms with E-state index in [2.05, 4.69) is 51.8 Å². The predicted molar refractivity (Wildman–Crippen MR) is 91.9 cm³/mol. The zero-order valence-corrected chi connectivity index (χ0v) is 15.3. The molecule has 126 valence electrons. The molecule has 21 heavy (non-hydrogen) atoms. The molecule has 1 N–H and O–H groups in total. The number of hydrogen-bond acceptors (Lipinski definition) is 3. The molecule has 0 aromatic heterocycles. The number of morpholine rings is 1. The summed E-state index contributed by atoms with van der Waals surface area (Å²) in [6.07, 6.45) is 5.33. The molecule has 0 saturated carbocycles. The van der Waals surface area contributed by atoms with Crippen LogP contribution in [0.1, 0.15) is 67.2 Å². The molecular formula is C18H38N2O. The molecule has 0 atom stereocenters. The van der Waals surface area contributed by atoms with Gasteiger partial charge in [0.15, 0.2) is 0 Å². The van der Waals surface area contributed by atoms with Crippen LogP contribution < -0.4 is 5.32 Å². The van der Waals surface area contributed by atoms with E-state index in [1.165, 1.54) is 38.8 Å². The quantitative estimate of drug-likeness (QED) is 0.657. The Morgan fingerprint density at radius 1 is 0.952 bits per heavy atom. The smallest absolute Gasteiger partial charge is 0.0760 e. The molecule has 1 saturated heterocycles. The summed E-state index contributed by atoms with van der Waals surface area (Å²) in [5.74, 6) is 0.762. The third-order valence-corrected chi connectivity index (χ3v) is 3.89. The van der Waals surface area contributed by atoms with Crippen LogP contribution in [0.5, 0.6) is 0 Å². The van der Waals surface area contributed by atoms with E-state index in [-0.39, 0.29) is 11.2 Å². The number of nitrogens with one attached hydrogen (secondary N) is 1. The standard InChI is InChI=1S/C18H38N2O/c1-16(2)13-19-11-9-7-8-10-12-20-14-17(3,4)21-18(5,6)15-20/h16,19H,7-15H2,1-6H3. The van der Waals surface area contributed by atoms with Gasteiger partial charge in [0.2, 0.25) is 0 Å². The summed E-state index contributed by atoms with van der Waals surface area (Å²) in [6, 6.07) is 0. The lowest BCUT2D eigenvalue weighted by Gasteiger charge is -2.47. The highest BCUT2D eigenvalue weighted by Gasteiger charge is 2.37. The Bertz CT molecular complexity index is 271. The van der Waals surface area contributed by atoms with Crippen molar-refractivity contribution in [1.82, 2.24) is 10.2 Å². The zero-order chi connectivity index (χ0) is 15.9. The minimum Gasteiger partial charge on any atom is -0.367 e. The molecule has 0 aliphatic carbocycles. The fourth-order valence-electron chi connectivity index (χ4n) is 3.43. The van der Waals surface area contributed by atoms with Crippen LogP contribution in [0.3, 0.4) is 0 Å². The van der Waals surface area contributed by atoms with Gasteiger partial charge in [0.25, 0.3) is 0 Å². The van der Waals surface area contributed by atoms with Gasteiger partial charge in [-0.1, -0.05) is 26.7 Å². The normalized spacial score (nSPS) is 21.9. The summed E-state index contributed by atoms with van der Waals surface area (Å²) >= 11 is 0. The Hall–Kier alpha value is -0.120. The largest absolute Gasteiger partial charge is 0.367 e. The molecule has 1 fully saturated rings. The number of unbranched alkanes of at least 4 members (excludes halogenated alkanes) is 3. The van der Waals surface area contributed by atoms with Crippen LogP contribution in [0.2, 0.25) is 0 Å². The lowest BCUT2D eigenvalue weighted by Crippen LogP contribution is -2.57. The average molecular weight is 299 g/mol. The lowest BCUT2D eigenvalue weighted by molar-refractivity contribution is -0.180. The van der Waals surface area contributed by atoms with Gasteiger partial charge in [-0.3, -0.25) is 4.90 Å². The molecule has 0 radical (unpaired) electrons. The van der Waals surface area contributed by atoms with E-state index < -0.39 is 0 Å². The number of ether oxygens (including phenoxy) is 1. The maximum absolute atomic E-state index is 6.13. The van der Waals surface area contributed by atoms with Crippen molar-refractivity contribution in [3.63, 3.8) is 0 Å². The van der Waals surface area contributed by atoms with E-state index in [9.17, 15) is 0 Å². The van der Waals surface area contributed by atoms with Gasteiger partial charge >= 0.3 is 0 Å². The van der Waals surface area contributed by atoms with Crippen molar-refractivity contribution >= 4 is 0 Å². The van der Waals surface area contributed by atoms with Gasteiger partial charge in [0.05, 0.1) is 11.2 Å². The van der Waals surface area contributed by atoms with Crippen molar-refractivity contribution in [3.05, 3.63) is 0 Å². The van der Waals surface area contributed by atoms with Gasteiger partial charge in [-0.2, -0.15) is 0 Å².